The number of carbonyl (C=O) groups excluding carboxylic acids is 3. The molecule has 31 heavy (non-hydrogen) atoms. The summed E-state index contributed by atoms with van der Waals surface area (Å²) in [6, 6.07) is 12.5. The van der Waals surface area contributed by atoms with Crippen molar-refractivity contribution in [1.82, 2.24) is 9.99 Å². The zero-order chi connectivity index (χ0) is 22.5. The molecule has 1 aromatic heterocycles. The topological polar surface area (TPSA) is 92.2 Å². The van der Waals surface area contributed by atoms with E-state index in [2.05, 4.69) is 47.9 Å². The lowest BCUT2D eigenvalue weighted by Gasteiger charge is -2.13. The van der Waals surface area contributed by atoms with Gasteiger partial charge < -0.3 is 10.6 Å². The Kier molecular flexibility index (Phi) is 7.50. The molecule has 0 unspecified atom stereocenters. The number of halogens is 2. The highest BCUT2D eigenvalue weighted by Crippen LogP contribution is 2.25. The van der Waals surface area contributed by atoms with Gasteiger partial charge in [-0.2, -0.15) is 0 Å². The van der Waals surface area contributed by atoms with Crippen LogP contribution in [0.3, 0.4) is 0 Å². The lowest BCUT2D eigenvalue weighted by Crippen LogP contribution is -2.40. The SMILES string of the molecule is CCCCNC(=O)C(=O)Nn1c(C(=O)Nc2ccc(Br)c(C)c2)cc2cc(Br)ccc21. The lowest BCUT2D eigenvalue weighted by molar-refractivity contribution is -0.136. The third kappa shape index (κ3) is 5.54. The minimum atomic E-state index is -0.843. The van der Waals surface area contributed by atoms with Crippen molar-refractivity contribution in [3.8, 4) is 0 Å². The van der Waals surface area contributed by atoms with E-state index < -0.39 is 17.7 Å². The molecule has 162 valence electrons. The second-order valence-corrected chi connectivity index (χ2v) is 8.81. The molecule has 2 aromatic carbocycles. The number of nitrogens with zero attached hydrogens (tertiary/aromatic N) is 1. The van der Waals surface area contributed by atoms with Crippen LogP contribution in [0.15, 0.2) is 51.4 Å². The van der Waals surface area contributed by atoms with Crippen molar-refractivity contribution >= 4 is 66.2 Å². The molecule has 0 aliphatic carbocycles. The van der Waals surface area contributed by atoms with Crippen LogP contribution in [-0.2, 0) is 9.59 Å². The Bertz CT molecular complexity index is 1160. The van der Waals surface area contributed by atoms with E-state index in [1.54, 1.807) is 24.3 Å². The Morgan fingerprint density at radius 1 is 1.00 bits per heavy atom. The van der Waals surface area contributed by atoms with Gasteiger partial charge in [0.2, 0.25) is 0 Å². The molecule has 0 saturated heterocycles. The summed E-state index contributed by atoms with van der Waals surface area (Å²) in [6.45, 7) is 4.33. The number of unbranched alkanes of at least 4 members (excludes halogenated alkanes) is 1. The fourth-order valence-electron chi connectivity index (χ4n) is 3.00. The van der Waals surface area contributed by atoms with E-state index in [4.69, 9.17) is 0 Å². The van der Waals surface area contributed by atoms with Gasteiger partial charge in [-0.15, -0.1) is 0 Å². The van der Waals surface area contributed by atoms with Crippen LogP contribution in [0.2, 0.25) is 0 Å². The van der Waals surface area contributed by atoms with E-state index in [0.717, 1.165) is 32.7 Å². The van der Waals surface area contributed by atoms with Gasteiger partial charge in [0.05, 0.1) is 5.52 Å². The minimum absolute atomic E-state index is 0.198. The van der Waals surface area contributed by atoms with Crippen LogP contribution in [-0.4, -0.2) is 28.9 Å². The maximum Gasteiger partial charge on any atom is 0.328 e. The maximum atomic E-state index is 13.0. The van der Waals surface area contributed by atoms with Crippen LogP contribution in [0.5, 0.6) is 0 Å². The van der Waals surface area contributed by atoms with Crippen molar-refractivity contribution in [2.75, 3.05) is 17.3 Å². The zero-order valence-corrected chi connectivity index (χ0v) is 20.3. The Labute approximate surface area is 196 Å². The zero-order valence-electron chi connectivity index (χ0n) is 17.1. The average molecular weight is 550 g/mol. The number of anilines is 1. The van der Waals surface area contributed by atoms with Gasteiger partial charge in [-0.25, -0.2) is 4.68 Å². The van der Waals surface area contributed by atoms with Crippen LogP contribution in [0, 0.1) is 6.92 Å². The third-order valence-corrected chi connectivity index (χ3v) is 6.03. The van der Waals surface area contributed by atoms with Gasteiger partial charge in [0, 0.05) is 26.6 Å². The van der Waals surface area contributed by atoms with Crippen LogP contribution in [0.4, 0.5) is 5.69 Å². The number of hydrogen-bond acceptors (Lipinski definition) is 3. The monoisotopic (exact) mass is 548 g/mol. The van der Waals surface area contributed by atoms with E-state index in [1.807, 2.05) is 32.0 Å². The summed E-state index contributed by atoms with van der Waals surface area (Å²) in [5.41, 5.74) is 4.93. The van der Waals surface area contributed by atoms with E-state index in [-0.39, 0.29) is 5.69 Å². The van der Waals surface area contributed by atoms with Crippen molar-refractivity contribution in [3.05, 3.63) is 62.7 Å². The summed E-state index contributed by atoms with van der Waals surface area (Å²) in [5, 5.41) is 6.15. The highest BCUT2D eigenvalue weighted by atomic mass is 79.9. The average Bonchev–Trinajstić information content (AvgIpc) is 3.08. The van der Waals surface area contributed by atoms with Crippen molar-refractivity contribution < 1.29 is 14.4 Å². The first-order valence-corrected chi connectivity index (χ1v) is 11.4. The van der Waals surface area contributed by atoms with Gasteiger partial charge in [0.25, 0.3) is 5.91 Å². The first kappa shape index (κ1) is 23.0. The van der Waals surface area contributed by atoms with E-state index in [9.17, 15) is 14.4 Å². The molecule has 0 saturated carbocycles. The van der Waals surface area contributed by atoms with Gasteiger partial charge >= 0.3 is 11.8 Å². The molecule has 0 aliphatic heterocycles. The third-order valence-electron chi connectivity index (χ3n) is 4.65. The molecule has 0 radical (unpaired) electrons. The summed E-state index contributed by atoms with van der Waals surface area (Å²) < 4.78 is 3.10. The predicted molar refractivity (Wildman–Crippen MR) is 129 cm³/mol. The van der Waals surface area contributed by atoms with Gasteiger partial charge in [0.15, 0.2) is 0 Å². The molecular weight excluding hydrogens is 528 g/mol. The van der Waals surface area contributed by atoms with Crippen LogP contribution < -0.4 is 16.1 Å². The number of carbonyl (C=O) groups is 3. The van der Waals surface area contributed by atoms with Crippen molar-refractivity contribution in [2.45, 2.75) is 26.7 Å². The van der Waals surface area contributed by atoms with Gasteiger partial charge in [0.1, 0.15) is 5.69 Å². The molecule has 0 bridgehead atoms. The molecular formula is C22H22Br2N4O3. The summed E-state index contributed by atoms with van der Waals surface area (Å²) in [6.07, 6.45) is 1.68. The van der Waals surface area contributed by atoms with Gasteiger partial charge in [-0.05, 0) is 61.4 Å². The van der Waals surface area contributed by atoms with Gasteiger partial charge in [-0.3, -0.25) is 19.8 Å². The molecule has 7 nitrogen and oxygen atoms in total. The molecule has 3 rings (SSSR count). The summed E-state index contributed by atoms with van der Waals surface area (Å²) >= 11 is 6.85. The Balaban J connectivity index is 1.91. The molecule has 3 amide bonds. The largest absolute Gasteiger partial charge is 0.348 e. The molecule has 0 aliphatic rings. The Morgan fingerprint density at radius 2 is 1.77 bits per heavy atom. The number of amides is 3. The Morgan fingerprint density at radius 3 is 2.48 bits per heavy atom. The number of aryl methyl sites for hydroxylation is 1. The normalized spacial score (nSPS) is 10.7. The number of fused-ring (bicyclic) bond motifs is 1. The Hall–Kier alpha value is -2.65. The second kappa shape index (κ2) is 10.1. The first-order chi connectivity index (χ1) is 14.8. The number of nitrogens with one attached hydrogen (secondary N) is 3. The van der Waals surface area contributed by atoms with E-state index >= 15 is 0 Å². The van der Waals surface area contributed by atoms with E-state index in [0.29, 0.717) is 17.7 Å². The van der Waals surface area contributed by atoms with Crippen LogP contribution in [0.1, 0.15) is 35.8 Å². The fraction of sp³-hybridized carbons (Fsp3) is 0.227. The molecule has 0 spiro atoms. The number of hydrogen-bond donors (Lipinski definition) is 3. The lowest BCUT2D eigenvalue weighted by atomic mass is 10.2. The molecule has 1 heterocycles. The quantitative estimate of drug-likeness (QED) is 0.307. The van der Waals surface area contributed by atoms with Crippen molar-refractivity contribution in [2.24, 2.45) is 0 Å². The first-order valence-electron chi connectivity index (χ1n) is 9.78. The predicted octanol–water partition coefficient (Wildman–Crippen LogP) is 4.71. The molecule has 3 aromatic rings. The number of benzene rings is 2. The number of aromatic nitrogens is 1. The molecule has 0 fully saturated rings. The van der Waals surface area contributed by atoms with E-state index in [1.165, 1.54) is 4.68 Å². The second-order valence-electron chi connectivity index (χ2n) is 7.04. The number of rotatable bonds is 6. The van der Waals surface area contributed by atoms with Gasteiger partial charge in [-0.1, -0.05) is 45.2 Å². The smallest absolute Gasteiger partial charge is 0.328 e. The fourth-order valence-corrected chi connectivity index (χ4v) is 3.63. The summed E-state index contributed by atoms with van der Waals surface area (Å²) in [5.74, 6) is -2.01. The molecule has 9 heteroatoms. The van der Waals surface area contributed by atoms with Crippen LogP contribution >= 0.6 is 31.9 Å². The highest BCUT2D eigenvalue weighted by molar-refractivity contribution is 9.10. The summed E-state index contributed by atoms with van der Waals surface area (Å²) in [4.78, 5) is 37.6. The minimum Gasteiger partial charge on any atom is -0.348 e. The van der Waals surface area contributed by atoms with Crippen molar-refractivity contribution in [3.63, 3.8) is 0 Å². The molecule has 3 N–H and O–H groups in total. The van der Waals surface area contributed by atoms with Crippen LogP contribution in [0.25, 0.3) is 10.9 Å². The summed E-state index contributed by atoms with van der Waals surface area (Å²) in [7, 11) is 0. The van der Waals surface area contributed by atoms with Crippen molar-refractivity contribution in [1.29, 1.82) is 0 Å². The molecule has 0 atom stereocenters. The standard InChI is InChI=1S/C22H22Br2N4O3/c1-3-4-9-25-21(30)22(31)27-28-18-8-5-15(23)11-14(18)12-19(28)20(29)26-16-6-7-17(24)13(2)10-16/h5-8,10-12H,3-4,9H2,1-2H3,(H,25,30)(H,26,29)(H,27,31). The highest BCUT2D eigenvalue weighted by Gasteiger charge is 2.21. The maximum absolute atomic E-state index is 13.0.